The van der Waals surface area contributed by atoms with E-state index in [4.69, 9.17) is 13.9 Å². The van der Waals surface area contributed by atoms with Crippen LogP contribution < -0.4 is 10.1 Å². The highest BCUT2D eigenvalue weighted by Crippen LogP contribution is 2.46. The lowest BCUT2D eigenvalue weighted by Crippen LogP contribution is -2.44. The summed E-state index contributed by atoms with van der Waals surface area (Å²) in [6, 6.07) is 8.12. The zero-order valence-corrected chi connectivity index (χ0v) is 17.2. The van der Waals surface area contributed by atoms with Crippen molar-refractivity contribution in [3.05, 3.63) is 59.2 Å². The van der Waals surface area contributed by atoms with Crippen molar-refractivity contribution in [3.8, 4) is 11.5 Å². The third kappa shape index (κ3) is 3.69. The summed E-state index contributed by atoms with van der Waals surface area (Å²) < 4.78 is 15.9. The number of carbonyl (C=O) groups is 3. The number of esters is 1. The number of carbonyl (C=O) groups excluding carboxylic acids is 3. The summed E-state index contributed by atoms with van der Waals surface area (Å²) in [7, 11) is 1.42. The molecule has 2 heterocycles. The van der Waals surface area contributed by atoms with Gasteiger partial charge in [0.25, 0.3) is 0 Å². The molecule has 1 aromatic carbocycles. The Morgan fingerprint density at radius 1 is 1.26 bits per heavy atom. The maximum atomic E-state index is 13.7. The van der Waals surface area contributed by atoms with E-state index in [2.05, 4.69) is 5.32 Å². The Balaban J connectivity index is 1.81. The number of allylic oxidation sites excluding steroid dienone is 2. The van der Waals surface area contributed by atoms with Gasteiger partial charge in [-0.15, -0.1) is 0 Å². The van der Waals surface area contributed by atoms with Crippen LogP contribution in [-0.4, -0.2) is 36.5 Å². The highest BCUT2D eigenvalue weighted by atomic mass is 16.5. The number of methoxy groups -OCH3 is 1. The van der Waals surface area contributed by atoms with Gasteiger partial charge in [0.1, 0.15) is 11.7 Å². The average molecular weight is 425 g/mol. The van der Waals surface area contributed by atoms with Gasteiger partial charge in [0, 0.05) is 29.5 Å². The number of aromatic hydroxyl groups is 1. The number of ether oxygens (including phenoxy) is 2. The van der Waals surface area contributed by atoms with E-state index in [9.17, 15) is 19.5 Å². The number of Topliss-reactive ketones (excluding diaryl/α,β-unsaturated/α-hetero) is 1. The highest BCUT2D eigenvalue weighted by Gasteiger charge is 2.48. The first-order valence-electron chi connectivity index (χ1n) is 10.1. The first-order valence-corrected chi connectivity index (χ1v) is 10.1. The van der Waals surface area contributed by atoms with Crippen LogP contribution in [-0.2, 0) is 19.1 Å². The van der Waals surface area contributed by atoms with E-state index in [-0.39, 0.29) is 36.9 Å². The van der Waals surface area contributed by atoms with E-state index in [1.165, 1.54) is 19.4 Å². The van der Waals surface area contributed by atoms with Gasteiger partial charge in [-0.1, -0.05) is 6.07 Å². The number of hydrogen-bond acceptors (Lipinski definition) is 7. The standard InChI is InChI=1S/C23H23NO7/c1-3-30-23(28)21-14(17-5-4-8-31-17)10-15-20(22(21)27)13(11-19(26)24-15)12-6-7-16(25)18(9-12)29-2/h4-9,13-14,21,25H,3,10-11H2,1-2H3,(H,24,26)/t13-,14-,21-/m0/s1. The number of furan rings is 1. The number of rotatable bonds is 5. The average Bonchev–Trinajstić information content (AvgIpc) is 3.28. The molecule has 2 aromatic rings. The largest absolute Gasteiger partial charge is 0.504 e. The van der Waals surface area contributed by atoms with Crippen molar-refractivity contribution in [1.82, 2.24) is 5.32 Å². The summed E-state index contributed by atoms with van der Waals surface area (Å²) in [6.07, 6.45) is 1.78. The van der Waals surface area contributed by atoms with Gasteiger partial charge >= 0.3 is 5.97 Å². The lowest BCUT2D eigenvalue weighted by Gasteiger charge is -2.37. The van der Waals surface area contributed by atoms with E-state index < -0.39 is 29.5 Å². The van der Waals surface area contributed by atoms with Gasteiger partial charge < -0.3 is 24.3 Å². The van der Waals surface area contributed by atoms with Crippen LogP contribution in [0.3, 0.4) is 0 Å². The van der Waals surface area contributed by atoms with Crippen molar-refractivity contribution >= 4 is 17.7 Å². The topological polar surface area (TPSA) is 115 Å². The van der Waals surface area contributed by atoms with E-state index in [0.29, 0.717) is 22.6 Å². The molecule has 1 aliphatic heterocycles. The number of hydrogen-bond donors (Lipinski definition) is 2. The van der Waals surface area contributed by atoms with Crippen LogP contribution in [0.2, 0.25) is 0 Å². The molecular weight excluding hydrogens is 402 g/mol. The van der Waals surface area contributed by atoms with Gasteiger partial charge in [0.2, 0.25) is 5.91 Å². The number of ketones is 1. The lowest BCUT2D eigenvalue weighted by atomic mass is 9.69. The van der Waals surface area contributed by atoms with E-state index in [1.807, 2.05) is 0 Å². The summed E-state index contributed by atoms with van der Waals surface area (Å²) >= 11 is 0. The van der Waals surface area contributed by atoms with Crippen LogP contribution in [0.4, 0.5) is 0 Å². The second-order valence-electron chi connectivity index (χ2n) is 7.55. The summed E-state index contributed by atoms with van der Waals surface area (Å²) in [6.45, 7) is 1.83. The maximum absolute atomic E-state index is 13.7. The molecular formula is C23H23NO7. The van der Waals surface area contributed by atoms with Crippen molar-refractivity contribution in [3.63, 3.8) is 0 Å². The zero-order valence-electron chi connectivity index (χ0n) is 17.2. The van der Waals surface area contributed by atoms with Gasteiger partial charge in [-0.05, 0) is 43.2 Å². The molecule has 3 atom stereocenters. The monoisotopic (exact) mass is 425 g/mol. The Morgan fingerprint density at radius 3 is 2.74 bits per heavy atom. The SMILES string of the molecule is CCOC(=O)[C@@H]1C(=O)C2=C(C[C@H]1c1ccco1)NC(=O)C[C@H]2c1ccc(O)c(OC)c1. The summed E-state index contributed by atoms with van der Waals surface area (Å²) in [4.78, 5) is 38.9. The Bertz CT molecular complexity index is 1050. The molecule has 0 radical (unpaired) electrons. The molecule has 8 heteroatoms. The third-order valence-electron chi connectivity index (χ3n) is 5.78. The first-order chi connectivity index (χ1) is 14.9. The Kier molecular flexibility index (Phi) is 5.54. The van der Waals surface area contributed by atoms with Crippen LogP contribution in [0.25, 0.3) is 0 Å². The molecule has 4 rings (SSSR count). The second-order valence-corrected chi connectivity index (χ2v) is 7.55. The fourth-order valence-corrected chi connectivity index (χ4v) is 4.42. The normalized spacial score (nSPS) is 23.2. The van der Waals surface area contributed by atoms with Gasteiger partial charge in [-0.25, -0.2) is 0 Å². The van der Waals surface area contributed by atoms with Crippen LogP contribution in [0.1, 0.15) is 42.9 Å². The molecule has 1 amide bonds. The fourth-order valence-electron chi connectivity index (χ4n) is 4.42. The molecule has 8 nitrogen and oxygen atoms in total. The molecule has 2 aliphatic rings. The quantitative estimate of drug-likeness (QED) is 0.559. The smallest absolute Gasteiger partial charge is 0.317 e. The molecule has 162 valence electrons. The lowest BCUT2D eigenvalue weighted by molar-refractivity contribution is -0.152. The molecule has 0 bridgehead atoms. The molecule has 0 fully saturated rings. The maximum Gasteiger partial charge on any atom is 0.317 e. The summed E-state index contributed by atoms with van der Waals surface area (Å²) in [5.74, 6) is -2.76. The molecule has 1 aliphatic carbocycles. The minimum atomic E-state index is -1.07. The summed E-state index contributed by atoms with van der Waals surface area (Å²) in [5, 5.41) is 12.7. The first kappa shape index (κ1) is 20.7. The summed E-state index contributed by atoms with van der Waals surface area (Å²) in [5.41, 5.74) is 1.51. The Labute approximate surface area is 178 Å². The Morgan fingerprint density at radius 2 is 2.06 bits per heavy atom. The fraction of sp³-hybridized carbons (Fsp3) is 0.348. The van der Waals surface area contributed by atoms with Gasteiger partial charge in [0.15, 0.2) is 17.3 Å². The second kappa shape index (κ2) is 8.29. The van der Waals surface area contributed by atoms with E-state index in [0.717, 1.165) is 0 Å². The van der Waals surface area contributed by atoms with Crippen molar-refractivity contribution in [2.45, 2.75) is 31.6 Å². The number of phenolic OH excluding ortho intramolecular Hbond substituents is 1. The van der Waals surface area contributed by atoms with Crippen LogP contribution in [0.5, 0.6) is 11.5 Å². The Hall–Kier alpha value is -3.55. The van der Waals surface area contributed by atoms with Crippen molar-refractivity contribution in [2.75, 3.05) is 13.7 Å². The van der Waals surface area contributed by atoms with Gasteiger partial charge in [-0.3, -0.25) is 14.4 Å². The molecule has 2 N–H and O–H groups in total. The molecule has 31 heavy (non-hydrogen) atoms. The van der Waals surface area contributed by atoms with Crippen molar-refractivity contribution < 1.29 is 33.4 Å². The van der Waals surface area contributed by atoms with Crippen molar-refractivity contribution in [2.24, 2.45) is 5.92 Å². The van der Waals surface area contributed by atoms with E-state index >= 15 is 0 Å². The van der Waals surface area contributed by atoms with Crippen LogP contribution in [0, 0.1) is 5.92 Å². The number of benzene rings is 1. The van der Waals surface area contributed by atoms with Gasteiger partial charge in [0.05, 0.1) is 20.0 Å². The number of nitrogens with one attached hydrogen (secondary N) is 1. The van der Waals surface area contributed by atoms with Crippen LogP contribution in [0.15, 0.2) is 52.3 Å². The molecule has 0 saturated heterocycles. The zero-order chi connectivity index (χ0) is 22.1. The molecule has 0 unspecified atom stereocenters. The predicted molar refractivity (Wildman–Crippen MR) is 108 cm³/mol. The molecule has 0 spiro atoms. The predicted octanol–water partition coefficient (Wildman–Crippen LogP) is 2.79. The number of phenols is 1. The number of amides is 1. The highest BCUT2D eigenvalue weighted by molar-refractivity contribution is 6.12. The van der Waals surface area contributed by atoms with Gasteiger partial charge in [-0.2, -0.15) is 0 Å². The minimum Gasteiger partial charge on any atom is -0.504 e. The third-order valence-corrected chi connectivity index (χ3v) is 5.78. The molecule has 1 aromatic heterocycles. The van der Waals surface area contributed by atoms with E-state index in [1.54, 1.807) is 31.2 Å². The molecule has 0 saturated carbocycles. The van der Waals surface area contributed by atoms with Crippen molar-refractivity contribution in [1.29, 1.82) is 0 Å². The van der Waals surface area contributed by atoms with Crippen LogP contribution >= 0.6 is 0 Å². The minimum absolute atomic E-state index is 0.0411.